The van der Waals surface area contributed by atoms with Crippen molar-refractivity contribution in [1.29, 1.82) is 0 Å². The number of nitrogens with one attached hydrogen (secondary N) is 1. The summed E-state index contributed by atoms with van der Waals surface area (Å²) >= 11 is 0. The molecule has 0 radical (unpaired) electrons. The van der Waals surface area contributed by atoms with Crippen LogP contribution in [0.15, 0.2) is 84.9 Å². The zero-order valence-corrected chi connectivity index (χ0v) is 27.6. The lowest BCUT2D eigenvalue weighted by molar-refractivity contribution is 0.112. The number of ether oxygens (including phenoxy) is 2. The second kappa shape index (κ2) is 17.3. The number of hydrogen-bond acceptors (Lipinski definition) is 6. The zero-order chi connectivity index (χ0) is 36.2. The van der Waals surface area contributed by atoms with Crippen molar-refractivity contribution in [1.82, 2.24) is 5.32 Å². The summed E-state index contributed by atoms with van der Waals surface area (Å²) in [5.41, 5.74) is 5.13. The zero-order valence-electron chi connectivity index (χ0n) is 28.6. The topological polar surface area (TPSA) is 88.2 Å². The van der Waals surface area contributed by atoms with Gasteiger partial charge in [0, 0.05) is 23.2 Å². The van der Waals surface area contributed by atoms with Crippen LogP contribution in [0.4, 0.5) is 34.1 Å². The molecule has 2 fully saturated rings. The van der Waals surface area contributed by atoms with Gasteiger partial charge in [-0.05, 0) is 73.0 Å². The molecule has 0 aliphatic carbocycles. The van der Waals surface area contributed by atoms with Gasteiger partial charge in [-0.2, -0.15) is 0 Å². The van der Waals surface area contributed by atoms with Crippen LogP contribution >= 0.6 is 0 Å². The van der Waals surface area contributed by atoms with Crippen molar-refractivity contribution in [2.75, 3.05) is 37.1 Å². The van der Waals surface area contributed by atoms with Crippen molar-refractivity contribution < 1.29 is 38.4 Å². The minimum atomic E-state index is -1.00. The van der Waals surface area contributed by atoms with Gasteiger partial charge in [-0.25, -0.2) is 18.4 Å². The Morgan fingerprint density at radius 3 is 1.55 bits per heavy atom. The van der Waals surface area contributed by atoms with Crippen LogP contribution in [0.3, 0.4) is 0 Å². The lowest BCUT2D eigenvalue weighted by Crippen LogP contribution is -2.24. The first-order chi connectivity index (χ1) is 24.1. The second-order valence-corrected chi connectivity index (χ2v) is 11.3. The molecule has 2 saturated heterocycles. The van der Waals surface area contributed by atoms with E-state index in [1.54, 1.807) is 48.5 Å². The van der Waals surface area contributed by atoms with Gasteiger partial charge in [0.1, 0.15) is 30.1 Å². The first-order valence-electron chi connectivity index (χ1n) is 16.6. The number of aldehydes is 1. The molecule has 2 atom stereocenters. The van der Waals surface area contributed by atoms with Crippen molar-refractivity contribution in [2.45, 2.75) is 45.4 Å². The third-order valence-corrected chi connectivity index (χ3v) is 8.19. The van der Waals surface area contributed by atoms with E-state index in [-0.39, 0.29) is 18.0 Å². The smallest absolute Gasteiger partial charge is 0.414 e. The Morgan fingerprint density at radius 2 is 1.20 bits per heavy atom. The Kier molecular flexibility index (Phi) is 12.4. The largest absolute Gasteiger partial charge is 0.444 e. The van der Waals surface area contributed by atoms with Gasteiger partial charge in [0.25, 0.3) is 0 Å². The molecule has 2 aliphatic heterocycles. The van der Waals surface area contributed by atoms with Crippen LogP contribution in [0.25, 0.3) is 22.3 Å². The van der Waals surface area contributed by atoms with Gasteiger partial charge in [0.2, 0.25) is 0 Å². The van der Waals surface area contributed by atoms with E-state index in [0.29, 0.717) is 46.7 Å². The van der Waals surface area contributed by atoms with Crippen LogP contribution in [-0.2, 0) is 16.0 Å². The number of amides is 2. The van der Waals surface area contributed by atoms with Crippen molar-refractivity contribution >= 4 is 29.8 Å². The highest BCUT2D eigenvalue weighted by molar-refractivity contribution is 5.91. The molecule has 0 unspecified atom stereocenters. The fraction of sp³-hybridized carbons (Fsp3) is 0.289. The Bertz CT molecular complexity index is 1760. The van der Waals surface area contributed by atoms with E-state index >= 15 is 0 Å². The Labute approximate surface area is 285 Å². The van der Waals surface area contributed by atoms with Gasteiger partial charge in [-0.15, -0.1) is 0 Å². The molecule has 49 heavy (non-hydrogen) atoms. The maximum Gasteiger partial charge on any atom is 0.414 e. The molecule has 1 N–H and O–H groups in total. The molecule has 4 aromatic rings. The number of hydrogen-bond donors (Lipinski definition) is 1. The van der Waals surface area contributed by atoms with Gasteiger partial charge in [0.05, 0.1) is 33.0 Å². The van der Waals surface area contributed by atoms with Crippen molar-refractivity contribution in [2.24, 2.45) is 0 Å². The van der Waals surface area contributed by atoms with Gasteiger partial charge >= 0.3 is 12.2 Å². The summed E-state index contributed by atoms with van der Waals surface area (Å²) in [6.07, 6.45) is 1.09. The lowest BCUT2D eigenvalue weighted by atomic mass is 10.0. The molecular weight excluding hydrogens is 635 g/mol. The van der Waals surface area contributed by atoms with E-state index in [1.807, 2.05) is 45.2 Å². The molecule has 8 nitrogen and oxygen atoms in total. The van der Waals surface area contributed by atoms with Crippen molar-refractivity contribution in [3.05, 3.63) is 108 Å². The summed E-state index contributed by atoms with van der Waals surface area (Å²) in [7, 11) is 0.888. The number of anilines is 2. The summed E-state index contributed by atoms with van der Waals surface area (Å²) in [4.78, 5) is 37.3. The Hall–Kier alpha value is -5.16. The van der Waals surface area contributed by atoms with E-state index in [0.717, 1.165) is 36.8 Å². The van der Waals surface area contributed by atoms with Gasteiger partial charge < -0.3 is 14.8 Å². The lowest BCUT2D eigenvalue weighted by Gasteiger charge is -2.14. The molecule has 2 aliphatic rings. The first kappa shape index (κ1) is 35.2. The van der Waals surface area contributed by atoms with Gasteiger partial charge in [-0.1, -0.05) is 62.4 Å². The molecule has 11 heteroatoms. The average molecular weight is 677 g/mol. The number of halogens is 3. The number of alkyl halides is 1. The number of carbonyl (C=O) groups excluding carboxylic acids is 3. The number of carbonyl (C=O) groups is 3. The highest BCUT2D eigenvalue weighted by Gasteiger charge is 2.32. The highest BCUT2D eigenvalue weighted by Crippen LogP contribution is 2.31. The molecule has 6 rings (SSSR count). The third kappa shape index (κ3) is 8.85. The van der Waals surface area contributed by atoms with Gasteiger partial charge in [0.15, 0.2) is 0 Å². The predicted octanol–water partition coefficient (Wildman–Crippen LogP) is 8.57. The Morgan fingerprint density at radius 1 is 0.776 bits per heavy atom. The van der Waals surface area contributed by atoms with E-state index in [2.05, 4.69) is 5.32 Å². The fourth-order valence-corrected chi connectivity index (χ4v) is 5.45. The van der Waals surface area contributed by atoms with Crippen LogP contribution in [0, 0.1) is 11.6 Å². The fourth-order valence-electron chi connectivity index (χ4n) is 5.45. The standard InChI is InChI=1S/C19H21FN2O2.C18H16FNO3.CH3F/c1-3-16-12-22(19(23)24-16)15-8-9-17(18(20)10-15)14-6-4-13(5-7-14)11-21-2;1-2-15-10-20(18(22)23-15)14-7-8-16(17(19)9-14)13-5-3-12(11-21)4-6-13;1-2/h4-10,16,21H,3,11-12H2,1-2H3;3-9,11,15H,2,10H2,1H3;1H3/t16-;15-;/m00./s1/i;;1D. The number of nitrogens with zero attached hydrogens (tertiary/aromatic N) is 2. The highest BCUT2D eigenvalue weighted by atomic mass is 19.1. The SMILES string of the molecule is CC[C@H]1CN(c2ccc(-c3ccc(C=O)cc3)c(F)c2)C(=O)O1.CC[C@H]1CN(c2ccc(-c3ccc(CNC)cc3)c(F)c2)C(=O)O1.[2H]CF. The third-order valence-electron chi connectivity index (χ3n) is 8.19. The molecule has 0 bridgehead atoms. The molecule has 2 heterocycles. The minimum absolute atomic E-state index is 0.125. The maximum absolute atomic E-state index is 14.6. The van der Waals surface area contributed by atoms with E-state index in [4.69, 9.17) is 10.8 Å². The van der Waals surface area contributed by atoms with E-state index in [9.17, 15) is 27.6 Å². The summed E-state index contributed by atoms with van der Waals surface area (Å²) in [6.45, 7) is 5.57. The number of rotatable bonds is 9. The quantitative estimate of drug-likeness (QED) is 0.179. The molecule has 2 amide bonds. The minimum Gasteiger partial charge on any atom is -0.444 e. The molecule has 258 valence electrons. The predicted molar refractivity (Wildman–Crippen MR) is 185 cm³/mol. The van der Waals surface area contributed by atoms with Gasteiger partial charge in [-0.3, -0.25) is 19.0 Å². The average Bonchev–Trinajstić information content (AvgIpc) is 3.71. The molecule has 0 aromatic heterocycles. The summed E-state index contributed by atoms with van der Waals surface area (Å²) < 4.78 is 54.9. The first-order valence-corrected chi connectivity index (χ1v) is 15.9. The maximum atomic E-state index is 14.6. The Balaban J connectivity index is 0.000000209. The van der Waals surface area contributed by atoms with E-state index < -0.39 is 25.2 Å². The normalized spacial score (nSPS) is 16.9. The number of cyclic esters (lactones) is 2. The molecular formula is C38H40F3N3O5. The van der Waals surface area contributed by atoms with Crippen LogP contribution in [0.1, 0.15) is 44.0 Å². The van der Waals surface area contributed by atoms with Crippen molar-refractivity contribution in [3.63, 3.8) is 0 Å². The van der Waals surface area contributed by atoms with Crippen molar-refractivity contribution in [3.8, 4) is 22.3 Å². The molecule has 4 aromatic carbocycles. The number of benzene rings is 4. The van der Waals surface area contributed by atoms with Crippen LogP contribution in [0.5, 0.6) is 0 Å². The summed E-state index contributed by atoms with van der Waals surface area (Å²) in [5.74, 6) is -0.768. The van der Waals surface area contributed by atoms with Crippen LogP contribution < -0.4 is 15.1 Å². The summed E-state index contributed by atoms with van der Waals surface area (Å²) in [6, 6.07) is 24.0. The van der Waals surface area contributed by atoms with E-state index in [1.165, 1.54) is 21.9 Å². The molecule has 0 saturated carbocycles. The second-order valence-electron chi connectivity index (χ2n) is 11.3. The van der Waals surface area contributed by atoms with Crippen LogP contribution in [0.2, 0.25) is 0 Å². The van der Waals surface area contributed by atoms with Crippen LogP contribution in [-0.4, -0.2) is 58.0 Å². The molecule has 0 spiro atoms. The summed E-state index contributed by atoms with van der Waals surface area (Å²) in [5, 5.41) is 3.08. The monoisotopic (exact) mass is 676 g/mol.